The molecule has 2 rings (SSSR count). The average molecular weight is 182 g/mol. The van der Waals surface area contributed by atoms with E-state index < -0.39 is 0 Å². The maximum Gasteiger partial charge on any atom is 0.133 e. The fourth-order valence-corrected chi connectivity index (χ4v) is 2.99. The highest BCUT2D eigenvalue weighted by Crippen LogP contribution is 2.46. The lowest BCUT2D eigenvalue weighted by Gasteiger charge is -2.43. The summed E-state index contributed by atoms with van der Waals surface area (Å²) in [6, 6.07) is 0. The molecule has 2 atom stereocenters. The Labute approximate surface area is 79.3 Å². The van der Waals surface area contributed by atoms with Crippen LogP contribution in [0.25, 0.3) is 0 Å². The molecule has 0 aromatic heterocycles. The monoisotopic (exact) mass is 182 g/mol. The van der Waals surface area contributed by atoms with Gasteiger partial charge in [0.05, 0.1) is 6.10 Å². The van der Waals surface area contributed by atoms with Crippen LogP contribution in [0.2, 0.25) is 0 Å². The van der Waals surface area contributed by atoms with Crippen LogP contribution in [0.5, 0.6) is 0 Å². The first-order chi connectivity index (χ1) is 6.23. The molecule has 0 aromatic carbocycles. The zero-order chi connectivity index (χ0) is 9.31. The summed E-state index contributed by atoms with van der Waals surface area (Å²) >= 11 is 0. The number of Topliss-reactive ketones (excluding diaryl/α,β-unsaturated/α-hetero) is 1. The van der Waals surface area contributed by atoms with Gasteiger partial charge in [-0.3, -0.25) is 4.79 Å². The van der Waals surface area contributed by atoms with E-state index in [0.717, 1.165) is 38.5 Å². The van der Waals surface area contributed by atoms with Crippen LogP contribution in [0.1, 0.15) is 51.4 Å². The highest BCUT2D eigenvalue weighted by atomic mass is 16.3. The SMILES string of the molecule is O=C1CCCC2(CCCCC2O)C1. The van der Waals surface area contributed by atoms with Gasteiger partial charge < -0.3 is 5.11 Å². The molecule has 0 heterocycles. The maximum absolute atomic E-state index is 11.4. The third-order valence-electron chi connectivity index (χ3n) is 3.79. The lowest BCUT2D eigenvalue weighted by atomic mass is 9.63. The van der Waals surface area contributed by atoms with Crippen molar-refractivity contribution < 1.29 is 9.90 Å². The number of carbonyl (C=O) groups excluding carboxylic acids is 1. The third-order valence-corrected chi connectivity index (χ3v) is 3.79. The van der Waals surface area contributed by atoms with E-state index in [4.69, 9.17) is 0 Å². The smallest absolute Gasteiger partial charge is 0.133 e. The van der Waals surface area contributed by atoms with Crippen molar-refractivity contribution in [1.82, 2.24) is 0 Å². The van der Waals surface area contributed by atoms with Gasteiger partial charge in [0.15, 0.2) is 0 Å². The molecule has 13 heavy (non-hydrogen) atoms. The van der Waals surface area contributed by atoms with E-state index in [-0.39, 0.29) is 11.5 Å². The number of hydrogen-bond acceptors (Lipinski definition) is 2. The van der Waals surface area contributed by atoms with Crippen LogP contribution >= 0.6 is 0 Å². The normalized spacial score (nSPS) is 41.0. The van der Waals surface area contributed by atoms with Crippen molar-refractivity contribution in [3.63, 3.8) is 0 Å². The molecule has 0 bridgehead atoms. The standard InChI is InChI=1S/C11H18O2/c12-9-4-3-7-11(8-9)6-2-1-5-10(11)13/h10,13H,1-8H2. The van der Waals surface area contributed by atoms with Gasteiger partial charge in [-0.25, -0.2) is 0 Å². The fourth-order valence-electron chi connectivity index (χ4n) is 2.99. The van der Waals surface area contributed by atoms with E-state index in [9.17, 15) is 9.90 Å². The minimum atomic E-state index is -0.203. The molecular weight excluding hydrogens is 164 g/mol. The van der Waals surface area contributed by atoms with Crippen molar-refractivity contribution in [2.75, 3.05) is 0 Å². The highest BCUT2D eigenvalue weighted by molar-refractivity contribution is 5.80. The van der Waals surface area contributed by atoms with Gasteiger partial charge in [0, 0.05) is 18.3 Å². The van der Waals surface area contributed by atoms with Crippen LogP contribution in [0.4, 0.5) is 0 Å². The first-order valence-electron chi connectivity index (χ1n) is 5.43. The van der Waals surface area contributed by atoms with E-state index in [1.807, 2.05) is 0 Å². The second-order valence-electron chi connectivity index (χ2n) is 4.69. The Balaban J connectivity index is 2.11. The van der Waals surface area contributed by atoms with Gasteiger partial charge in [0.2, 0.25) is 0 Å². The highest BCUT2D eigenvalue weighted by Gasteiger charge is 2.42. The van der Waals surface area contributed by atoms with E-state index in [0.29, 0.717) is 12.2 Å². The Bertz CT molecular complexity index is 208. The molecule has 1 spiro atoms. The second-order valence-corrected chi connectivity index (χ2v) is 4.69. The Kier molecular flexibility index (Phi) is 2.41. The van der Waals surface area contributed by atoms with Crippen molar-refractivity contribution in [2.24, 2.45) is 5.41 Å². The minimum absolute atomic E-state index is 0.00637. The molecule has 0 aliphatic heterocycles. The Morgan fingerprint density at radius 1 is 1.23 bits per heavy atom. The molecule has 2 fully saturated rings. The second kappa shape index (κ2) is 3.41. The molecule has 2 aliphatic rings. The van der Waals surface area contributed by atoms with Crippen molar-refractivity contribution in [3.05, 3.63) is 0 Å². The van der Waals surface area contributed by atoms with Crippen molar-refractivity contribution in [3.8, 4) is 0 Å². The largest absolute Gasteiger partial charge is 0.393 e. The molecule has 0 radical (unpaired) electrons. The molecule has 2 unspecified atom stereocenters. The lowest BCUT2D eigenvalue weighted by Crippen LogP contribution is -2.42. The Morgan fingerprint density at radius 2 is 2.00 bits per heavy atom. The van der Waals surface area contributed by atoms with Crippen LogP contribution in [0.15, 0.2) is 0 Å². The summed E-state index contributed by atoms with van der Waals surface area (Å²) in [5.74, 6) is 0.368. The van der Waals surface area contributed by atoms with Gasteiger partial charge >= 0.3 is 0 Å². The van der Waals surface area contributed by atoms with E-state index in [1.54, 1.807) is 0 Å². The molecule has 2 heteroatoms. The summed E-state index contributed by atoms with van der Waals surface area (Å²) in [7, 11) is 0. The van der Waals surface area contributed by atoms with Crippen molar-refractivity contribution >= 4 is 5.78 Å². The molecule has 0 saturated heterocycles. The van der Waals surface area contributed by atoms with Crippen LogP contribution in [0, 0.1) is 5.41 Å². The average Bonchev–Trinajstić information content (AvgIpc) is 2.11. The van der Waals surface area contributed by atoms with E-state index in [1.165, 1.54) is 6.42 Å². The number of rotatable bonds is 0. The molecule has 2 nitrogen and oxygen atoms in total. The molecule has 2 saturated carbocycles. The van der Waals surface area contributed by atoms with Crippen molar-refractivity contribution in [1.29, 1.82) is 0 Å². The summed E-state index contributed by atoms with van der Waals surface area (Å²) < 4.78 is 0. The molecule has 1 N–H and O–H groups in total. The van der Waals surface area contributed by atoms with Crippen LogP contribution < -0.4 is 0 Å². The number of aliphatic hydroxyl groups excluding tert-OH is 1. The number of ketones is 1. The minimum Gasteiger partial charge on any atom is -0.393 e. The number of hydrogen-bond donors (Lipinski definition) is 1. The van der Waals surface area contributed by atoms with Gasteiger partial charge in [-0.1, -0.05) is 12.8 Å². The number of carbonyl (C=O) groups is 1. The van der Waals surface area contributed by atoms with Gasteiger partial charge in [0.1, 0.15) is 5.78 Å². The predicted octanol–water partition coefficient (Wildman–Crippen LogP) is 2.05. The van der Waals surface area contributed by atoms with Gasteiger partial charge in [-0.05, 0) is 25.7 Å². The van der Waals surface area contributed by atoms with E-state index in [2.05, 4.69) is 0 Å². The van der Waals surface area contributed by atoms with E-state index >= 15 is 0 Å². The summed E-state index contributed by atoms with van der Waals surface area (Å²) in [4.78, 5) is 11.4. The lowest BCUT2D eigenvalue weighted by molar-refractivity contribution is -0.129. The summed E-state index contributed by atoms with van der Waals surface area (Å²) in [5.41, 5.74) is -0.00637. The molecule has 0 amide bonds. The maximum atomic E-state index is 11.4. The van der Waals surface area contributed by atoms with Crippen molar-refractivity contribution in [2.45, 2.75) is 57.5 Å². The Morgan fingerprint density at radius 3 is 2.69 bits per heavy atom. The quantitative estimate of drug-likeness (QED) is 0.622. The zero-order valence-electron chi connectivity index (χ0n) is 8.09. The number of aliphatic hydroxyl groups is 1. The first kappa shape index (κ1) is 9.20. The third kappa shape index (κ3) is 1.64. The summed E-state index contributed by atoms with van der Waals surface area (Å²) in [5, 5.41) is 9.95. The first-order valence-corrected chi connectivity index (χ1v) is 5.43. The summed E-state index contributed by atoms with van der Waals surface area (Å²) in [6.07, 6.45) is 7.57. The molecule has 2 aliphatic carbocycles. The molecule has 74 valence electrons. The molecule has 0 aromatic rings. The van der Waals surface area contributed by atoms with Crippen LogP contribution in [-0.4, -0.2) is 17.0 Å². The van der Waals surface area contributed by atoms with Gasteiger partial charge in [-0.15, -0.1) is 0 Å². The van der Waals surface area contributed by atoms with Crippen LogP contribution in [0.3, 0.4) is 0 Å². The topological polar surface area (TPSA) is 37.3 Å². The summed E-state index contributed by atoms with van der Waals surface area (Å²) in [6.45, 7) is 0. The van der Waals surface area contributed by atoms with Gasteiger partial charge in [-0.2, -0.15) is 0 Å². The zero-order valence-corrected chi connectivity index (χ0v) is 8.09. The Hall–Kier alpha value is -0.370. The molecular formula is C11H18O2. The van der Waals surface area contributed by atoms with Crippen LogP contribution in [-0.2, 0) is 4.79 Å². The predicted molar refractivity (Wildman–Crippen MR) is 50.4 cm³/mol. The van der Waals surface area contributed by atoms with Gasteiger partial charge in [0.25, 0.3) is 0 Å². The fraction of sp³-hybridized carbons (Fsp3) is 0.909.